The molecule has 57 heavy (non-hydrogen) atoms. The Kier molecular flexibility index (Phi) is 7.82. The lowest BCUT2D eigenvalue weighted by atomic mass is 9.94. The summed E-state index contributed by atoms with van der Waals surface area (Å²) in [6.07, 6.45) is 0. The van der Waals surface area contributed by atoms with Crippen LogP contribution in [0.5, 0.6) is 0 Å². The van der Waals surface area contributed by atoms with Gasteiger partial charge in [-0.3, -0.25) is 0 Å². The van der Waals surface area contributed by atoms with Crippen molar-refractivity contribution in [1.29, 1.82) is 0 Å². The first kappa shape index (κ1) is 32.8. The van der Waals surface area contributed by atoms with Crippen LogP contribution in [-0.4, -0.2) is 4.57 Å². The molecule has 2 aromatic heterocycles. The standard InChI is InChI=1S/C54H36N2O/c1-5-16-37(17-6-1)39-28-32-43(33-29-39)55(44-34-30-40(31-35-44)38-18-7-2-8-19-38)47-26-15-25-46-52-48(56(54(46)47)42-22-11-4-12-23-42)36-50-53(45-24-13-14-27-49(45)57-50)51(52)41-20-9-3-10-21-41/h1-36H. The molecule has 0 aliphatic rings. The molecule has 3 heteroatoms. The molecule has 0 N–H and O–H groups in total. The highest BCUT2D eigenvalue weighted by Gasteiger charge is 2.26. The maximum absolute atomic E-state index is 6.70. The maximum Gasteiger partial charge on any atom is 0.138 e. The summed E-state index contributed by atoms with van der Waals surface area (Å²) in [6.45, 7) is 0. The van der Waals surface area contributed by atoms with E-state index in [0.717, 1.165) is 61.3 Å². The summed E-state index contributed by atoms with van der Waals surface area (Å²) in [5.74, 6) is 0. The van der Waals surface area contributed by atoms with Gasteiger partial charge in [0.2, 0.25) is 0 Å². The molecule has 11 aromatic rings. The number of para-hydroxylation sites is 3. The zero-order chi connectivity index (χ0) is 37.7. The van der Waals surface area contributed by atoms with Gasteiger partial charge in [0.05, 0.1) is 16.7 Å². The minimum atomic E-state index is 0.869. The third-order valence-electron chi connectivity index (χ3n) is 11.2. The third kappa shape index (κ3) is 5.51. The van der Waals surface area contributed by atoms with E-state index in [2.05, 4.69) is 222 Å². The summed E-state index contributed by atoms with van der Waals surface area (Å²) in [6, 6.07) is 78.0. The molecule has 0 saturated heterocycles. The minimum absolute atomic E-state index is 0.869. The molecule has 0 radical (unpaired) electrons. The molecule has 0 spiro atoms. The Bertz CT molecular complexity index is 3100. The normalized spacial score (nSPS) is 11.5. The van der Waals surface area contributed by atoms with E-state index in [1.165, 1.54) is 38.6 Å². The lowest BCUT2D eigenvalue weighted by Crippen LogP contribution is -2.11. The number of furan rings is 1. The molecule has 268 valence electrons. The van der Waals surface area contributed by atoms with Crippen molar-refractivity contribution < 1.29 is 4.42 Å². The first-order valence-corrected chi connectivity index (χ1v) is 19.4. The van der Waals surface area contributed by atoms with E-state index in [1.807, 2.05) is 6.07 Å². The van der Waals surface area contributed by atoms with Gasteiger partial charge < -0.3 is 13.9 Å². The Morgan fingerprint density at radius 1 is 0.368 bits per heavy atom. The van der Waals surface area contributed by atoms with Crippen molar-refractivity contribution in [3.8, 4) is 39.1 Å². The summed E-state index contributed by atoms with van der Waals surface area (Å²) in [7, 11) is 0. The molecule has 0 unspecified atom stereocenters. The number of hydrogen-bond donors (Lipinski definition) is 0. The van der Waals surface area contributed by atoms with Crippen LogP contribution in [0.25, 0.3) is 82.8 Å². The molecule has 11 rings (SSSR count). The van der Waals surface area contributed by atoms with Crippen molar-refractivity contribution in [1.82, 2.24) is 4.57 Å². The van der Waals surface area contributed by atoms with Gasteiger partial charge in [-0.1, -0.05) is 164 Å². The lowest BCUT2D eigenvalue weighted by molar-refractivity contribution is 0.669. The number of rotatable bonds is 7. The lowest BCUT2D eigenvalue weighted by Gasteiger charge is -2.27. The second kappa shape index (κ2) is 13.6. The van der Waals surface area contributed by atoms with E-state index in [9.17, 15) is 0 Å². The Balaban J connectivity index is 1.24. The van der Waals surface area contributed by atoms with Gasteiger partial charge in [0, 0.05) is 50.2 Å². The summed E-state index contributed by atoms with van der Waals surface area (Å²) in [5, 5.41) is 4.61. The van der Waals surface area contributed by atoms with Crippen LogP contribution in [-0.2, 0) is 0 Å². The molecule has 0 bridgehead atoms. The Morgan fingerprint density at radius 2 is 0.860 bits per heavy atom. The second-order valence-electron chi connectivity index (χ2n) is 14.5. The predicted molar refractivity (Wildman–Crippen MR) is 239 cm³/mol. The largest absolute Gasteiger partial charge is 0.456 e. The maximum atomic E-state index is 6.70. The van der Waals surface area contributed by atoms with Crippen molar-refractivity contribution in [3.05, 3.63) is 218 Å². The monoisotopic (exact) mass is 728 g/mol. The van der Waals surface area contributed by atoms with E-state index in [1.54, 1.807) is 0 Å². The molecule has 3 nitrogen and oxygen atoms in total. The molecule has 9 aromatic carbocycles. The fourth-order valence-corrected chi connectivity index (χ4v) is 8.62. The Labute approximate surface area is 330 Å². The first-order chi connectivity index (χ1) is 28.3. The number of benzene rings is 9. The first-order valence-electron chi connectivity index (χ1n) is 19.4. The number of hydrogen-bond acceptors (Lipinski definition) is 2. The van der Waals surface area contributed by atoms with Crippen LogP contribution in [0.1, 0.15) is 0 Å². The van der Waals surface area contributed by atoms with Crippen LogP contribution in [0.3, 0.4) is 0 Å². The summed E-state index contributed by atoms with van der Waals surface area (Å²) in [4.78, 5) is 2.41. The molecule has 0 saturated carbocycles. The molecular weight excluding hydrogens is 693 g/mol. The molecule has 0 fully saturated rings. The van der Waals surface area contributed by atoms with E-state index in [4.69, 9.17) is 4.42 Å². The zero-order valence-corrected chi connectivity index (χ0v) is 31.1. The van der Waals surface area contributed by atoms with Crippen molar-refractivity contribution in [2.45, 2.75) is 0 Å². The summed E-state index contributed by atoms with van der Waals surface area (Å²) >= 11 is 0. The molecule has 0 atom stereocenters. The van der Waals surface area contributed by atoms with Crippen LogP contribution in [0.2, 0.25) is 0 Å². The fraction of sp³-hybridized carbons (Fsp3) is 0. The van der Waals surface area contributed by atoms with Crippen molar-refractivity contribution >= 4 is 60.8 Å². The van der Waals surface area contributed by atoms with Gasteiger partial charge in [-0.05, 0) is 76.3 Å². The SMILES string of the molecule is c1ccc(-c2ccc(N(c3ccc(-c4ccccc4)cc3)c3cccc4c5c(-c6ccccc6)c6c(cc5n(-c5ccccc5)c34)oc3ccccc36)cc2)cc1. The fourth-order valence-electron chi connectivity index (χ4n) is 8.62. The molecule has 0 amide bonds. The number of aromatic nitrogens is 1. The van der Waals surface area contributed by atoms with Crippen molar-refractivity contribution in [3.63, 3.8) is 0 Å². The van der Waals surface area contributed by atoms with Gasteiger partial charge in [0.25, 0.3) is 0 Å². The van der Waals surface area contributed by atoms with Crippen LogP contribution in [0, 0.1) is 0 Å². The van der Waals surface area contributed by atoms with Gasteiger partial charge in [0.1, 0.15) is 11.2 Å². The second-order valence-corrected chi connectivity index (χ2v) is 14.5. The molecular formula is C54H36N2O. The average Bonchev–Trinajstić information content (AvgIpc) is 3.83. The molecule has 0 aliphatic carbocycles. The zero-order valence-electron chi connectivity index (χ0n) is 31.1. The van der Waals surface area contributed by atoms with Crippen molar-refractivity contribution in [2.75, 3.05) is 4.90 Å². The highest BCUT2D eigenvalue weighted by Crippen LogP contribution is 2.49. The third-order valence-corrected chi connectivity index (χ3v) is 11.2. The van der Waals surface area contributed by atoms with E-state index < -0.39 is 0 Å². The Morgan fingerprint density at radius 3 is 1.46 bits per heavy atom. The molecule has 0 aliphatic heterocycles. The number of nitrogens with zero attached hydrogens (tertiary/aromatic N) is 2. The van der Waals surface area contributed by atoms with Crippen molar-refractivity contribution in [2.24, 2.45) is 0 Å². The smallest absolute Gasteiger partial charge is 0.138 e. The van der Waals surface area contributed by atoms with Gasteiger partial charge in [0.15, 0.2) is 0 Å². The highest BCUT2D eigenvalue weighted by molar-refractivity contribution is 6.28. The van der Waals surface area contributed by atoms with Gasteiger partial charge in [-0.2, -0.15) is 0 Å². The van der Waals surface area contributed by atoms with Crippen LogP contribution < -0.4 is 4.90 Å². The topological polar surface area (TPSA) is 21.3 Å². The average molecular weight is 729 g/mol. The minimum Gasteiger partial charge on any atom is -0.456 e. The highest BCUT2D eigenvalue weighted by atomic mass is 16.3. The number of anilines is 3. The number of fused-ring (bicyclic) bond motifs is 6. The summed E-state index contributed by atoms with van der Waals surface area (Å²) < 4.78 is 9.13. The van der Waals surface area contributed by atoms with Gasteiger partial charge in [-0.25, -0.2) is 0 Å². The summed E-state index contributed by atoms with van der Waals surface area (Å²) in [5.41, 5.74) is 15.3. The van der Waals surface area contributed by atoms with Crippen LogP contribution in [0.4, 0.5) is 17.1 Å². The predicted octanol–water partition coefficient (Wildman–Crippen LogP) is 15.2. The van der Waals surface area contributed by atoms with E-state index >= 15 is 0 Å². The van der Waals surface area contributed by atoms with E-state index in [-0.39, 0.29) is 0 Å². The van der Waals surface area contributed by atoms with Gasteiger partial charge in [-0.15, -0.1) is 0 Å². The molecule has 2 heterocycles. The van der Waals surface area contributed by atoms with E-state index in [0.29, 0.717) is 0 Å². The van der Waals surface area contributed by atoms with Crippen LogP contribution >= 0.6 is 0 Å². The van der Waals surface area contributed by atoms with Gasteiger partial charge >= 0.3 is 0 Å². The van der Waals surface area contributed by atoms with Crippen LogP contribution in [0.15, 0.2) is 223 Å². The Hall–Kier alpha value is -7.62. The quantitative estimate of drug-likeness (QED) is 0.163.